The van der Waals surface area contributed by atoms with Gasteiger partial charge in [0.15, 0.2) is 0 Å². The maximum Gasteiger partial charge on any atom is 0.0722 e. The molecule has 0 amide bonds. The summed E-state index contributed by atoms with van der Waals surface area (Å²) in [6.45, 7) is 2.11. The van der Waals surface area contributed by atoms with Gasteiger partial charge in [-0.2, -0.15) is 0 Å². The summed E-state index contributed by atoms with van der Waals surface area (Å²) in [6, 6.07) is 12.6. The molecule has 0 heterocycles. The normalized spacial score (nSPS) is 21.0. The van der Waals surface area contributed by atoms with E-state index in [4.69, 9.17) is 34.8 Å². The zero-order valence-corrected chi connectivity index (χ0v) is 13.9. The Morgan fingerprint density at radius 3 is 2.10 bits per heavy atom. The molecule has 4 heteroatoms. The number of hydrogen-bond donors (Lipinski definition) is 1. The van der Waals surface area contributed by atoms with Gasteiger partial charge in [0, 0.05) is 11.1 Å². The average Bonchev–Trinajstić information content (AvgIpc) is 2.37. The molecule has 0 aromatic heterocycles. The summed E-state index contributed by atoms with van der Waals surface area (Å²) in [5.41, 5.74) is 3.49. The fraction of sp³-hybridized carbons (Fsp3) is 0.294. The van der Waals surface area contributed by atoms with Crippen LogP contribution < -0.4 is 5.32 Å². The number of nitrogens with one attached hydrogen (secondary N) is 1. The number of hydrogen-bond acceptors (Lipinski definition) is 1. The number of benzene rings is 2. The fourth-order valence-corrected chi connectivity index (χ4v) is 3.66. The van der Waals surface area contributed by atoms with Crippen molar-refractivity contribution in [3.63, 3.8) is 0 Å². The zero-order chi connectivity index (χ0) is 15.0. The third-order valence-electron chi connectivity index (χ3n) is 4.04. The molecule has 1 fully saturated rings. The van der Waals surface area contributed by atoms with Crippen LogP contribution in [0.15, 0.2) is 36.4 Å². The second kappa shape index (κ2) is 6.08. The largest absolute Gasteiger partial charge is 0.380 e. The summed E-state index contributed by atoms with van der Waals surface area (Å²) in [5, 5.41) is 5.14. The molecule has 0 radical (unpaired) electrons. The van der Waals surface area contributed by atoms with Gasteiger partial charge in [0.2, 0.25) is 0 Å². The predicted octanol–water partition coefficient (Wildman–Crippen LogP) is 6.31. The minimum absolute atomic E-state index is 0.410. The quantitative estimate of drug-likeness (QED) is 0.690. The third kappa shape index (κ3) is 3.31. The van der Waals surface area contributed by atoms with E-state index in [-0.39, 0.29) is 0 Å². The van der Waals surface area contributed by atoms with E-state index >= 15 is 0 Å². The molecular formula is C17H16Cl3N. The molecule has 1 saturated carbocycles. The molecule has 0 aliphatic heterocycles. The Bertz CT molecular complexity index is 623. The van der Waals surface area contributed by atoms with Crippen molar-refractivity contribution in [3.8, 4) is 0 Å². The van der Waals surface area contributed by atoms with Crippen LogP contribution in [0, 0.1) is 6.92 Å². The summed E-state index contributed by atoms with van der Waals surface area (Å²) < 4.78 is 0. The molecule has 1 nitrogen and oxygen atoms in total. The third-order valence-corrected chi connectivity index (χ3v) is 4.86. The van der Waals surface area contributed by atoms with Gasteiger partial charge in [-0.3, -0.25) is 0 Å². The standard InChI is InChI=1S/C17H16Cl3N/c1-10-2-4-11(5-3-10)12-6-14(7-12)21-17-15(19)8-13(18)9-16(17)20/h2-5,8-9,12,14,21H,6-7H2,1H3. The predicted molar refractivity (Wildman–Crippen MR) is 92.0 cm³/mol. The van der Waals surface area contributed by atoms with Crippen LogP contribution in [-0.2, 0) is 0 Å². The van der Waals surface area contributed by atoms with Gasteiger partial charge in [0.05, 0.1) is 15.7 Å². The van der Waals surface area contributed by atoms with Crippen molar-refractivity contribution in [1.82, 2.24) is 0 Å². The highest BCUT2D eigenvalue weighted by Crippen LogP contribution is 2.41. The van der Waals surface area contributed by atoms with Crippen LogP contribution in [0.5, 0.6) is 0 Å². The van der Waals surface area contributed by atoms with Gasteiger partial charge in [-0.25, -0.2) is 0 Å². The lowest BCUT2D eigenvalue weighted by molar-refractivity contribution is 0.374. The summed E-state index contributed by atoms with van der Waals surface area (Å²) in [5.74, 6) is 0.618. The molecule has 0 bridgehead atoms. The second-order valence-electron chi connectivity index (χ2n) is 5.66. The molecule has 110 valence electrons. The van der Waals surface area contributed by atoms with Gasteiger partial charge in [-0.05, 0) is 43.4 Å². The molecule has 1 N–H and O–H groups in total. The first-order valence-corrected chi connectivity index (χ1v) is 8.14. The number of halogens is 3. The second-order valence-corrected chi connectivity index (χ2v) is 6.92. The van der Waals surface area contributed by atoms with Crippen LogP contribution in [0.25, 0.3) is 0 Å². The van der Waals surface area contributed by atoms with Gasteiger partial charge >= 0.3 is 0 Å². The van der Waals surface area contributed by atoms with Crippen molar-refractivity contribution < 1.29 is 0 Å². The Balaban J connectivity index is 1.64. The van der Waals surface area contributed by atoms with Crippen molar-refractivity contribution in [2.24, 2.45) is 0 Å². The summed E-state index contributed by atoms with van der Waals surface area (Å²) >= 11 is 18.3. The van der Waals surface area contributed by atoms with E-state index in [2.05, 4.69) is 36.5 Å². The number of anilines is 1. The van der Waals surface area contributed by atoms with Crippen molar-refractivity contribution >= 4 is 40.5 Å². The Kier molecular flexibility index (Phi) is 4.35. The van der Waals surface area contributed by atoms with Gasteiger partial charge < -0.3 is 5.32 Å². The molecular weight excluding hydrogens is 325 g/mol. The maximum absolute atomic E-state index is 6.20. The van der Waals surface area contributed by atoms with Crippen LogP contribution in [-0.4, -0.2) is 6.04 Å². The lowest BCUT2D eigenvalue weighted by atomic mass is 9.75. The van der Waals surface area contributed by atoms with Crippen molar-refractivity contribution in [2.45, 2.75) is 31.7 Å². The molecule has 21 heavy (non-hydrogen) atoms. The first-order chi connectivity index (χ1) is 10.0. The first kappa shape index (κ1) is 15.0. The van der Waals surface area contributed by atoms with Crippen LogP contribution in [0.4, 0.5) is 5.69 Å². The zero-order valence-electron chi connectivity index (χ0n) is 11.7. The topological polar surface area (TPSA) is 12.0 Å². The van der Waals surface area contributed by atoms with Crippen LogP contribution in [0.2, 0.25) is 15.1 Å². The van der Waals surface area contributed by atoms with E-state index in [0.29, 0.717) is 27.0 Å². The van der Waals surface area contributed by atoms with Crippen molar-refractivity contribution in [3.05, 3.63) is 62.6 Å². The highest BCUT2D eigenvalue weighted by Gasteiger charge is 2.30. The smallest absolute Gasteiger partial charge is 0.0722 e. The molecule has 2 aromatic rings. The number of rotatable bonds is 3. The van der Waals surface area contributed by atoms with Gasteiger partial charge in [-0.1, -0.05) is 64.6 Å². The van der Waals surface area contributed by atoms with E-state index < -0.39 is 0 Å². The first-order valence-electron chi connectivity index (χ1n) is 7.00. The highest BCUT2D eigenvalue weighted by atomic mass is 35.5. The summed E-state index contributed by atoms with van der Waals surface area (Å²) in [4.78, 5) is 0. The highest BCUT2D eigenvalue weighted by molar-refractivity contribution is 6.41. The van der Waals surface area contributed by atoms with Gasteiger partial charge in [0.1, 0.15) is 0 Å². The van der Waals surface area contributed by atoms with E-state index in [9.17, 15) is 0 Å². The molecule has 0 spiro atoms. The Morgan fingerprint density at radius 1 is 0.952 bits per heavy atom. The van der Waals surface area contributed by atoms with E-state index in [1.807, 2.05) is 0 Å². The van der Waals surface area contributed by atoms with Gasteiger partial charge in [0.25, 0.3) is 0 Å². The molecule has 0 saturated heterocycles. The van der Waals surface area contributed by atoms with Crippen LogP contribution in [0.3, 0.4) is 0 Å². The van der Waals surface area contributed by atoms with Crippen molar-refractivity contribution in [2.75, 3.05) is 5.32 Å². The molecule has 2 aromatic carbocycles. The molecule has 1 aliphatic carbocycles. The lowest BCUT2D eigenvalue weighted by Crippen LogP contribution is -2.34. The fourth-order valence-electron chi connectivity index (χ4n) is 2.73. The van der Waals surface area contributed by atoms with E-state index in [0.717, 1.165) is 18.5 Å². The minimum Gasteiger partial charge on any atom is -0.380 e. The van der Waals surface area contributed by atoms with Crippen molar-refractivity contribution in [1.29, 1.82) is 0 Å². The summed E-state index contributed by atoms with van der Waals surface area (Å²) in [7, 11) is 0. The lowest BCUT2D eigenvalue weighted by Gasteiger charge is -2.37. The Labute approximate surface area is 140 Å². The monoisotopic (exact) mass is 339 g/mol. The van der Waals surface area contributed by atoms with Crippen LogP contribution >= 0.6 is 34.8 Å². The maximum atomic E-state index is 6.20. The Hall–Kier alpha value is -0.890. The van der Waals surface area contributed by atoms with Gasteiger partial charge in [-0.15, -0.1) is 0 Å². The molecule has 0 atom stereocenters. The van der Waals surface area contributed by atoms with E-state index in [1.165, 1.54) is 11.1 Å². The summed E-state index contributed by atoms with van der Waals surface area (Å²) in [6.07, 6.45) is 2.19. The SMILES string of the molecule is Cc1ccc(C2CC(Nc3c(Cl)cc(Cl)cc3Cl)C2)cc1. The van der Waals surface area contributed by atoms with Crippen LogP contribution in [0.1, 0.15) is 29.9 Å². The minimum atomic E-state index is 0.410. The average molecular weight is 341 g/mol. The molecule has 1 aliphatic rings. The molecule has 3 rings (SSSR count). The Morgan fingerprint density at radius 2 is 1.52 bits per heavy atom. The molecule has 0 unspecified atom stereocenters. The van der Waals surface area contributed by atoms with E-state index in [1.54, 1.807) is 12.1 Å². The number of aryl methyl sites for hydroxylation is 1.